The SMILES string of the molecule is Cc1ccc(C)c(OCC(=O)NNC(=O)c2ccc(Br)c([N+](=O)[O-])c2)c1. The van der Waals surface area contributed by atoms with Crippen molar-refractivity contribution < 1.29 is 19.2 Å². The summed E-state index contributed by atoms with van der Waals surface area (Å²) >= 11 is 3.04. The molecule has 0 atom stereocenters. The monoisotopic (exact) mass is 421 g/mol. The Kier molecular flexibility index (Phi) is 6.29. The van der Waals surface area contributed by atoms with Crippen LogP contribution in [0.1, 0.15) is 21.5 Å². The van der Waals surface area contributed by atoms with Crippen LogP contribution in [0.2, 0.25) is 0 Å². The van der Waals surface area contributed by atoms with Gasteiger partial charge in [-0.15, -0.1) is 0 Å². The van der Waals surface area contributed by atoms with Crippen molar-refractivity contribution in [3.05, 3.63) is 67.7 Å². The van der Waals surface area contributed by atoms with E-state index in [0.29, 0.717) is 5.75 Å². The number of nitrogens with one attached hydrogen (secondary N) is 2. The average molecular weight is 422 g/mol. The van der Waals surface area contributed by atoms with E-state index in [4.69, 9.17) is 4.74 Å². The number of hydrogen-bond donors (Lipinski definition) is 2. The standard InChI is InChI=1S/C17H16BrN3O5/c1-10-3-4-11(2)15(7-10)26-9-16(22)19-20-17(23)12-5-6-13(18)14(8-12)21(24)25/h3-8H,9H2,1-2H3,(H,19,22)(H,20,23). The lowest BCUT2D eigenvalue weighted by atomic mass is 10.1. The second-order valence-corrected chi connectivity index (χ2v) is 6.34. The summed E-state index contributed by atoms with van der Waals surface area (Å²) in [6.45, 7) is 3.48. The molecule has 2 rings (SSSR count). The highest BCUT2D eigenvalue weighted by molar-refractivity contribution is 9.10. The fourth-order valence-corrected chi connectivity index (χ4v) is 2.43. The van der Waals surface area contributed by atoms with Gasteiger partial charge in [0.05, 0.1) is 9.40 Å². The zero-order chi connectivity index (χ0) is 19.3. The smallest absolute Gasteiger partial charge is 0.284 e. The minimum absolute atomic E-state index is 0.0376. The molecule has 0 spiro atoms. The van der Waals surface area contributed by atoms with Gasteiger partial charge in [-0.2, -0.15) is 0 Å². The molecule has 26 heavy (non-hydrogen) atoms. The Balaban J connectivity index is 1.91. The first-order chi connectivity index (χ1) is 12.3. The van der Waals surface area contributed by atoms with Crippen LogP contribution >= 0.6 is 15.9 Å². The number of rotatable bonds is 5. The molecule has 0 aromatic heterocycles. The third kappa shape index (κ3) is 5.03. The maximum Gasteiger partial charge on any atom is 0.284 e. The van der Waals surface area contributed by atoms with Crippen molar-refractivity contribution in [1.82, 2.24) is 10.9 Å². The first-order valence-electron chi connectivity index (χ1n) is 7.51. The number of hydrazine groups is 1. The van der Waals surface area contributed by atoms with E-state index in [0.717, 1.165) is 17.2 Å². The van der Waals surface area contributed by atoms with Crippen LogP contribution in [0.5, 0.6) is 5.75 Å². The van der Waals surface area contributed by atoms with Crippen LogP contribution < -0.4 is 15.6 Å². The Bertz CT molecular complexity index is 869. The second kappa shape index (κ2) is 8.43. The van der Waals surface area contributed by atoms with E-state index in [1.54, 1.807) is 0 Å². The molecule has 0 aliphatic heterocycles. The van der Waals surface area contributed by atoms with Crippen LogP contribution in [0.4, 0.5) is 5.69 Å². The van der Waals surface area contributed by atoms with E-state index in [1.807, 2.05) is 32.0 Å². The van der Waals surface area contributed by atoms with Crippen LogP contribution in [-0.4, -0.2) is 23.3 Å². The summed E-state index contributed by atoms with van der Waals surface area (Å²) in [6.07, 6.45) is 0. The third-order valence-corrected chi connectivity index (χ3v) is 4.09. The van der Waals surface area contributed by atoms with Crippen molar-refractivity contribution in [3.63, 3.8) is 0 Å². The Morgan fingerprint density at radius 1 is 1.15 bits per heavy atom. The summed E-state index contributed by atoms with van der Waals surface area (Å²) in [7, 11) is 0. The summed E-state index contributed by atoms with van der Waals surface area (Å²) in [4.78, 5) is 34.1. The van der Waals surface area contributed by atoms with Crippen LogP contribution in [0.15, 0.2) is 40.9 Å². The quantitative estimate of drug-likeness (QED) is 0.569. The predicted octanol–water partition coefficient (Wildman–Crippen LogP) is 2.81. The summed E-state index contributed by atoms with van der Waals surface area (Å²) in [5, 5.41) is 10.9. The molecule has 2 aromatic rings. The van der Waals surface area contributed by atoms with Gasteiger partial charge in [0.1, 0.15) is 5.75 Å². The molecule has 0 radical (unpaired) electrons. The van der Waals surface area contributed by atoms with Gasteiger partial charge in [-0.25, -0.2) is 0 Å². The molecule has 2 aromatic carbocycles. The van der Waals surface area contributed by atoms with Crippen molar-refractivity contribution in [1.29, 1.82) is 0 Å². The lowest BCUT2D eigenvalue weighted by molar-refractivity contribution is -0.385. The first kappa shape index (κ1) is 19.4. The Labute approximate surface area is 157 Å². The highest BCUT2D eigenvalue weighted by atomic mass is 79.9. The summed E-state index contributed by atoms with van der Waals surface area (Å²) in [6, 6.07) is 9.51. The Morgan fingerprint density at radius 3 is 2.58 bits per heavy atom. The molecule has 2 amide bonds. The molecule has 0 unspecified atom stereocenters. The number of halogens is 1. The molecule has 0 aliphatic rings. The number of benzene rings is 2. The van der Waals surface area contributed by atoms with Crippen LogP contribution in [-0.2, 0) is 4.79 Å². The van der Waals surface area contributed by atoms with Crippen molar-refractivity contribution in [3.8, 4) is 5.75 Å². The zero-order valence-corrected chi connectivity index (χ0v) is 15.6. The lowest BCUT2D eigenvalue weighted by Gasteiger charge is -2.11. The second-order valence-electron chi connectivity index (χ2n) is 5.48. The molecular weight excluding hydrogens is 406 g/mol. The van der Waals surface area contributed by atoms with E-state index < -0.39 is 16.7 Å². The summed E-state index contributed by atoms with van der Waals surface area (Å²) in [5.74, 6) is -0.665. The number of aryl methyl sites for hydroxylation is 2. The molecule has 2 N–H and O–H groups in total. The number of nitro groups is 1. The molecule has 0 saturated heterocycles. The number of amides is 2. The fourth-order valence-electron chi connectivity index (χ4n) is 2.03. The number of carbonyl (C=O) groups is 2. The molecular formula is C17H16BrN3O5. The number of carbonyl (C=O) groups excluding carboxylic acids is 2. The van der Waals surface area contributed by atoms with Crippen LogP contribution in [0.25, 0.3) is 0 Å². The van der Waals surface area contributed by atoms with Crippen LogP contribution in [0, 0.1) is 24.0 Å². The largest absolute Gasteiger partial charge is 0.483 e. The van der Waals surface area contributed by atoms with E-state index in [9.17, 15) is 19.7 Å². The topological polar surface area (TPSA) is 111 Å². The molecule has 136 valence electrons. The maximum atomic E-state index is 12.0. The van der Waals surface area contributed by atoms with Crippen molar-refractivity contribution in [2.45, 2.75) is 13.8 Å². The van der Waals surface area contributed by atoms with Gasteiger partial charge < -0.3 is 4.74 Å². The molecule has 8 nitrogen and oxygen atoms in total. The number of ether oxygens (including phenoxy) is 1. The van der Waals surface area contributed by atoms with Crippen molar-refractivity contribution in [2.75, 3.05) is 6.61 Å². The van der Waals surface area contributed by atoms with Gasteiger partial charge in [-0.3, -0.25) is 30.6 Å². The first-order valence-corrected chi connectivity index (χ1v) is 8.30. The molecule has 0 saturated carbocycles. The van der Waals surface area contributed by atoms with Gasteiger partial charge in [0.2, 0.25) is 0 Å². The molecule has 9 heteroatoms. The summed E-state index contributed by atoms with van der Waals surface area (Å²) < 4.78 is 5.68. The zero-order valence-electron chi connectivity index (χ0n) is 14.0. The van der Waals surface area contributed by atoms with E-state index in [2.05, 4.69) is 26.8 Å². The Hall–Kier alpha value is -2.94. The number of nitro benzene ring substituents is 1. The molecule has 0 bridgehead atoms. The van der Waals surface area contributed by atoms with Gasteiger partial charge >= 0.3 is 0 Å². The van der Waals surface area contributed by atoms with E-state index in [1.165, 1.54) is 12.1 Å². The number of hydrogen-bond acceptors (Lipinski definition) is 5. The predicted molar refractivity (Wildman–Crippen MR) is 97.8 cm³/mol. The highest BCUT2D eigenvalue weighted by Crippen LogP contribution is 2.25. The molecule has 0 aliphatic carbocycles. The molecule has 0 heterocycles. The minimum atomic E-state index is -0.680. The third-order valence-electron chi connectivity index (χ3n) is 3.42. The van der Waals surface area contributed by atoms with E-state index >= 15 is 0 Å². The number of nitrogens with zero attached hydrogens (tertiary/aromatic N) is 1. The summed E-state index contributed by atoms with van der Waals surface area (Å²) in [5.41, 5.74) is 6.06. The normalized spacial score (nSPS) is 10.1. The van der Waals surface area contributed by atoms with Gasteiger partial charge in [0.25, 0.3) is 17.5 Å². The fraction of sp³-hybridized carbons (Fsp3) is 0.176. The van der Waals surface area contributed by atoms with Gasteiger partial charge in [-0.1, -0.05) is 12.1 Å². The van der Waals surface area contributed by atoms with Gasteiger partial charge in [0, 0.05) is 11.6 Å². The van der Waals surface area contributed by atoms with Gasteiger partial charge in [0.15, 0.2) is 6.61 Å². The van der Waals surface area contributed by atoms with Crippen LogP contribution in [0.3, 0.4) is 0 Å². The average Bonchev–Trinajstić information content (AvgIpc) is 2.60. The molecule has 0 fully saturated rings. The minimum Gasteiger partial charge on any atom is -0.483 e. The Morgan fingerprint density at radius 2 is 1.88 bits per heavy atom. The maximum absolute atomic E-state index is 12.0. The van der Waals surface area contributed by atoms with E-state index in [-0.39, 0.29) is 22.3 Å². The van der Waals surface area contributed by atoms with Crippen molar-refractivity contribution >= 4 is 33.4 Å². The van der Waals surface area contributed by atoms with Gasteiger partial charge in [-0.05, 0) is 59.1 Å². The highest BCUT2D eigenvalue weighted by Gasteiger charge is 2.16. The lowest BCUT2D eigenvalue weighted by Crippen LogP contribution is -2.43. The van der Waals surface area contributed by atoms with Crippen molar-refractivity contribution in [2.24, 2.45) is 0 Å².